The van der Waals surface area contributed by atoms with Gasteiger partial charge in [-0.05, 0) is 36.4 Å². The Kier molecular flexibility index (Phi) is 4.90. The van der Waals surface area contributed by atoms with Gasteiger partial charge in [-0.1, -0.05) is 12.1 Å². The normalized spacial score (nSPS) is 10.2. The summed E-state index contributed by atoms with van der Waals surface area (Å²) in [6.45, 7) is 0. The van der Waals surface area contributed by atoms with Gasteiger partial charge in [0.25, 0.3) is 0 Å². The van der Waals surface area contributed by atoms with Crippen molar-refractivity contribution in [2.45, 2.75) is 0 Å². The second kappa shape index (κ2) is 7.27. The van der Waals surface area contributed by atoms with Crippen LogP contribution in [0, 0.1) is 0 Å². The molecule has 0 atom stereocenters. The Hall–Kier alpha value is -2.67. The summed E-state index contributed by atoms with van der Waals surface area (Å²) >= 11 is 0. The average Bonchev–Trinajstić information content (AvgIpc) is 3.09. The van der Waals surface area contributed by atoms with Crippen LogP contribution < -0.4 is 0 Å². The Morgan fingerprint density at radius 1 is 0.667 bits per heavy atom. The van der Waals surface area contributed by atoms with Crippen molar-refractivity contribution in [3.63, 3.8) is 0 Å². The summed E-state index contributed by atoms with van der Waals surface area (Å²) in [4.78, 5) is 12.9. The largest absolute Gasteiger partial charge is 1.00 e. The summed E-state index contributed by atoms with van der Waals surface area (Å²) in [6, 6.07) is 15.2. The number of hydrogen-bond acceptors (Lipinski definition) is 5. The van der Waals surface area contributed by atoms with Crippen LogP contribution >= 0.6 is 0 Å². The van der Waals surface area contributed by atoms with Gasteiger partial charge in [0.15, 0.2) is 11.6 Å². The van der Waals surface area contributed by atoms with E-state index in [2.05, 4.69) is 25.1 Å². The van der Waals surface area contributed by atoms with E-state index in [1.165, 1.54) is 0 Å². The van der Waals surface area contributed by atoms with Crippen molar-refractivity contribution in [2.24, 2.45) is 0 Å². The van der Waals surface area contributed by atoms with Crippen molar-refractivity contribution < 1.29 is 22.4 Å². The first-order chi connectivity index (χ1) is 11.4. The molecular formula is C17H12AgN6+. The van der Waals surface area contributed by atoms with Crippen LogP contribution in [-0.2, 0) is 22.4 Å². The van der Waals surface area contributed by atoms with Gasteiger partial charge in [-0.25, -0.2) is 4.98 Å². The molecule has 4 aromatic heterocycles. The van der Waals surface area contributed by atoms with Gasteiger partial charge in [0.05, 0.1) is 0 Å². The van der Waals surface area contributed by atoms with Crippen molar-refractivity contribution >= 4 is 0 Å². The molecule has 4 aromatic rings. The molecule has 0 bridgehead atoms. The molecule has 0 aliphatic carbocycles. The summed E-state index contributed by atoms with van der Waals surface area (Å²) in [5, 5.41) is 8.67. The molecule has 120 valence electrons. The van der Waals surface area contributed by atoms with Crippen molar-refractivity contribution in [3.8, 4) is 28.7 Å². The Balaban J connectivity index is 0.00000169. The van der Waals surface area contributed by atoms with Gasteiger partial charge in [0.1, 0.15) is 11.5 Å². The number of pyridine rings is 3. The molecule has 4 heterocycles. The smallest absolute Gasteiger partial charge is 0.265 e. The maximum Gasteiger partial charge on any atom is 1.00 e. The Labute approximate surface area is 154 Å². The zero-order chi connectivity index (χ0) is 15.5. The number of nitrogens with zero attached hydrogens (tertiary/aromatic N) is 6. The van der Waals surface area contributed by atoms with E-state index in [0.717, 1.165) is 17.1 Å². The summed E-state index contributed by atoms with van der Waals surface area (Å²) in [6.07, 6.45) is 6.94. The van der Waals surface area contributed by atoms with Crippen molar-refractivity contribution in [1.82, 2.24) is 29.7 Å². The van der Waals surface area contributed by atoms with Crippen LogP contribution in [0.25, 0.3) is 28.7 Å². The minimum Gasteiger partial charge on any atom is -0.265 e. The van der Waals surface area contributed by atoms with E-state index in [4.69, 9.17) is 0 Å². The molecule has 0 spiro atoms. The molecule has 0 aliphatic rings. The van der Waals surface area contributed by atoms with Gasteiger partial charge < -0.3 is 0 Å². The molecule has 4 rings (SSSR count). The fourth-order valence-electron chi connectivity index (χ4n) is 2.34. The van der Waals surface area contributed by atoms with E-state index >= 15 is 0 Å². The van der Waals surface area contributed by atoms with Crippen molar-refractivity contribution in [1.29, 1.82) is 0 Å². The molecule has 0 aliphatic heterocycles. The molecule has 0 radical (unpaired) electrons. The molecule has 0 aromatic carbocycles. The van der Waals surface area contributed by atoms with Crippen molar-refractivity contribution in [2.75, 3.05) is 0 Å². The Bertz CT molecular complexity index is 853. The van der Waals surface area contributed by atoms with E-state index < -0.39 is 0 Å². The van der Waals surface area contributed by atoms with Crippen LogP contribution in [0.5, 0.6) is 0 Å². The first-order valence-electron chi connectivity index (χ1n) is 7.12. The molecule has 0 amide bonds. The first kappa shape index (κ1) is 16.2. The summed E-state index contributed by atoms with van der Waals surface area (Å²) < 4.78 is 1.90. The second-order valence-corrected chi connectivity index (χ2v) is 4.82. The summed E-state index contributed by atoms with van der Waals surface area (Å²) in [5.74, 6) is 2.09. The predicted octanol–water partition coefficient (Wildman–Crippen LogP) is 2.78. The average molecular weight is 408 g/mol. The number of hydrogen-bond donors (Lipinski definition) is 0. The van der Waals surface area contributed by atoms with Crippen LogP contribution in [-0.4, -0.2) is 29.7 Å². The molecular weight excluding hydrogens is 396 g/mol. The van der Waals surface area contributed by atoms with Crippen molar-refractivity contribution in [3.05, 3.63) is 73.3 Å². The third-order valence-electron chi connectivity index (χ3n) is 3.37. The fraction of sp³-hybridized carbons (Fsp3) is 0. The van der Waals surface area contributed by atoms with Gasteiger partial charge in [0, 0.05) is 30.4 Å². The van der Waals surface area contributed by atoms with Gasteiger partial charge in [-0.2, -0.15) is 0 Å². The Morgan fingerprint density at radius 2 is 1.38 bits per heavy atom. The van der Waals surface area contributed by atoms with Crippen LogP contribution in [0.15, 0.2) is 73.3 Å². The van der Waals surface area contributed by atoms with E-state index in [1.54, 1.807) is 24.8 Å². The Morgan fingerprint density at radius 3 is 2.04 bits per heavy atom. The molecule has 0 saturated heterocycles. The van der Waals surface area contributed by atoms with Gasteiger partial charge >= 0.3 is 22.4 Å². The van der Waals surface area contributed by atoms with Crippen LogP contribution in [0.3, 0.4) is 0 Å². The quantitative estimate of drug-likeness (QED) is 0.488. The standard InChI is InChI=1S/C17H12N6.Ag/c1-3-9-19-14(5-1)17-22-21-16(13-7-11-18-12-8-13)23(17)15-6-2-4-10-20-15;/h1-12H;/q;+1. The van der Waals surface area contributed by atoms with Crippen LogP contribution in [0.4, 0.5) is 0 Å². The predicted molar refractivity (Wildman–Crippen MR) is 85.6 cm³/mol. The molecule has 24 heavy (non-hydrogen) atoms. The van der Waals surface area contributed by atoms with Gasteiger partial charge in [-0.3, -0.25) is 14.5 Å². The van der Waals surface area contributed by atoms with Crippen LogP contribution in [0.2, 0.25) is 0 Å². The second-order valence-electron chi connectivity index (χ2n) is 4.82. The zero-order valence-corrected chi connectivity index (χ0v) is 13.9. The third-order valence-corrected chi connectivity index (χ3v) is 3.37. The molecule has 0 fully saturated rings. The van der Waals surface area contributed by atoms with Gasteiger partial charge in [-0.15, -0.1) is 10.2 Å². The van der Waals surface area contributed by atoms with E-state index in [9.17, 15) is 0 Å². The maximum absolute atomic E-state index is 4.43. The molecule has 0 N–H and O–H groups in total. The molecule has 7 heteroatoms. The summed E-state index contributed by atoms with van der Waals surface area (Å²) in [7, 11) is 0. The first-order valence-corrected chi connectivity index (χ1v) is 7.12. The van der Waals surface area contributed by atoms with Crippen LogP contribution in [0.1, 0.15) is 0 Å². The topological polar surface area (TPSA) is 69.4 Å². The fourth-order valence-corrected chi connectivity index (χ4v) is 2.34. The minimum atomic E-state index is 0. The monoisotopic (exact) mass is 407 g/mol. The third kappa shape index (κ3) is 3.03. The number of rotatable bonds is 3. The number of aromatic nitrogens is 6. The molecule has 6 nitrogen and oxygen atoms in total. The SMILES string of the molecule is [Ag+].c1ccc(-c2nnc(-c3ccncc3)n2-c2ccccn2)nc1. The maximum atomic E-state index is 4.43. The van der Waals surface area contributed by atoms with E-state index in [0.29, 0.717) is 11.6 Å². The van der Waals surface area contributed by atoms with E-state index in [1.807, 2.05) is 53.1 Å². The van der Waals surface area contributed by atoms with Gasteiger partial charge in [0.2, 0.25) is 0 Å². The minimum absolute atomic E-state index is 0. The zero-order valence-electron chi connectivity index (χ0n) is 12.4. The summed E-state index contributed by atoms with van der Waals surface area (Å²) in [5.41, 5.74) is 1.66. The molecule has 0 unspecified atom stereocenters. The molecule has 0 saturated carbocycles. The van der Waals surface area contributed by atoms with E-state index in [-0.39, 0.29) is 22.4 Å².